The van der Waals surface area contributed by atoms with Gasteiger partial charge in [-0.3, -0.25) is 4.79 Å². The number of hydrogen-bond acceptors (Lipinski definition) is 4. The molecular weight excluding hydrogens is 337 g/mol. The van der Waals surface area contributed by atoms with Crippen LogP contribution in [-0.4, -0.2) is 40.5 Å². The van der Waals surface area contributed by atoms with Gasteiger partial charge in [0.1, 0.15) is 18.1 Å². The molecule has 0 aliphatic heterocycles. The predicted molar refractivity (Wildman–Crippen MR) is 103 cm³/mol. The molecule has 2 aromatic carbocycles. The van der Waals surface area contributed by atoms with E-state index < -0.39 is 0 Å². The molecule has 0 fully saturated rings. The van der Waals surface area contributed by atoms with Crippen molar-refractivity contribution in [2.75, 3.05) is 0 Å². The first-order chi connectivity index (χ1) is 12.2. The molecule has 3 aromatic rings. The summed E-state index contributed by atoms with van der Waals surface area (Å²) in [5, 5.41) is 1.11. The monoisotopic (exact) mass is 358 g/mol. The van der Waals surface area contributed by atoms with Gasteiger partial charge in [-0.25, -0.2) is 4.98 Å². The predicted octanol–water partition coefficient (Wildman–Crippen LogP) is 4.53. The van der Waals surface area contributed by atoms with Gasteiger partial charge in [0.05, 0.1) is 11.2 Å². The minimum Gasteiger partial charge on any atom is -0.487 e. The number of aromatic nitrogens is 1. The zero-order valence-corrected chi connectivity index (χ0v) is 17.3. The van der Waals surface area contributed by atoms with Crippen molar-refractivity contribution in [3.05, 3.63) is 66.4 Å². The zero-order chi connectivity index (χ0) is 17.5. The second-order valence-electron chi connectivity index (χ2n) is 5.83. The Morgan fingerprint density at radius 2 is 1.69 bits per heavy atom. The molecule has 0 atom stereocenters. The molecule has 5 heteroatoms. The van der Waals surface area contributed by atoms with Crippen LogP contribution in [0.2, 0.25) is 0 Å². The third-order valence-electron chi connectivity index (χ3n) is 3.83. The van der Waals surface area contributed by atoms with Gasteiger partial charge < -0.3 is 9.47 Å². The van der Waals surface area contributed by atoms with E-state index >= 15 is 0 Å². The second kappa shape index (κ2) is 10.3. The third-order valence-corrected chi connectivity index (χ3v) is 3.83. The Labute approximate surface area is 175 Å². The summed E-state index contributed by atoms with van der Waals surface area (Å²) in [6.45, 7) is 2.43. The van der Waals surface area contributed by atoms with Gasteiger partial charge in [0.25, 0.3) is 0 Å². The van der Waals surface area contributed by atoms with E-state index in [1.165, 1.54) is 0 Å². The maximum Gasteiger partial charge on any atom is 0.311 e. The number of hydrogen-bond donors (Lipinski definition) is 0. The number of fused-ring (bicyclic) bond motifs is 1. The summed E-state index contributed by atoms with van der Waals surface area (Å²) in [4.78, 5) is 16.2. The number of nitrogens with zero attached hydrogens (tertiary/aromatic N) is 1. The molecule has 26 heavy (non-hydrogen) atoms. The number of rotatable bonds is 7. The molecule has 0 spiro atoms. The van der Waals surface area contributed by atoms with Crippen molar-refractivity contribution in [2.45, 2.75) is 32.8 Å². The fraction of sp³-hybridized carbons (Fsp3) is 0.238. The Balaban J connectivity index is 0.00000243. The van der Waals surface area contributed by atoms with Crippen LogP contribution in [-0.2, 0) is 11.4 Å². The molecule has 0 saturated heterocycles. The molecule has 0 bridgehead atoms. The largest absolute Gasteiger partial charge is 0.487 e. The van der Waals surface area contributed by atoms with Gasteiger partial charge in [-0.15, -0.1) is 0 Å². The Morgan fingerprint density at radius 1 is 0.962 bits per heavy atom. The molecule has 129 valence electrons. The number of pyridine rings is 1. The van der Waals surface area contributed by atoms with Crippen LogP contribution in [0, 0.1) is 0 Å². The summed E-state index contributed by atoms with van der Waals surface area (Å²) in [5.41, 5.74) is 1.83. The maximum absolute atomic E-state index is 11.6. The van der Waals surface area contributed by atoms with E-state index in [2.05, 4.69) is 4.98 Å². The van der Waals surface area contributed by atoms with E-state index in [0.29, 0.717) is 24.5 Å². The standard InChI is InChI=1S/C21H21NO3.Na/c1-2-3-8-21(23)25-19-13-11-18(12-14-19)24-15-17-10-9-16-6-4-5-7-20(16)22-17;/h4-7,9-14H,2-3,8,15H2,1H3;. The molecule has 0 aliphatic rings. The van der Waals surface area contributed by atoms with Gasteiger partial charge >= 0.3 is 5.97 Å². The van der Waals surface area contributed by atoms with E-state index in [9.17, 15) is 4.79 Å². The van der Waals surface area contributed by atoms with E-state index in [4.69, 9.17) is 9.47 Å². The first-order valence-electron chi connectivity index (χ1n) is 8.53. The van der Waals surface area contributed by atoms with Gasteiger partial charge in [0.2, 0.25) is 0 Å². The van der Waals surface area contributed by atoms with Crippen molar-refractivity contribution in [1.82, 2.24) is 4.98 Å². The van der Waals surface area contributed by atoms with Crippen LogP contribution in [0.5, 0.6) is 11.5 Å². The molecule has 0 amide bonds. The van der Waals surface area contributed by atoms with Gasteiger partial charge in [0, 0.05) is 41.4 Å². The summed E-state index contributed by atoms with van der Waals surface area (Å²) >= 11 is 0. The molecule has 0 unspecified atom stereocenters. The molecule has 4 nitrogen and oxygen atoms in total. The number of unbranched alkanes of at least 4 members (excludes halogenated alkanes) is 1. The summed E-state index contributed by atoms with van der Waals surface area (Å²) in [7, 11) is 0. The van der Waals surface area contributed by atoms with Crippen molar-refractivity contribution in [2.24, 2.45) is 0 Å². The van der Waals surface area contributed by atoms with Gasteiger partial charge in [0.15, 0.2) is 0 Å². The van der Waals surface area contributed by atoms with Crippen LogP contribution < -0.4 is 9.47 Å². The normalized spacial score (nSPS) is 10.2. The number of ether oxygens (including phenoxy) is 2. The van der Waals surface area contributed by atoms with Crippen molar-refractivity contribution in [1.29, 1.82) is 0 Å². The first-order valence-corrected chi connectivity index (χ1v) is 8.53. The van der Waals surface area contributed by atoms with E-state index in [1.807, 2.05) is 43.3 Å². The van der Waals surface area contributed by atoms with Crippen LogP contribution in [0.1, 0.15) is 31.9 Å². The number of benzene rings is 2. The first kappa shape index (κ1) is 20.4. The summed E-state index contributed by atoms with van der Waals surface area (Å²) in [5.74, 6) is 1.05. The van der Waals surface area contributed by atoms with Crippen molar-refractivity contribution in [3.8, 4) is 11.5 Å². The molecule has 1 aromatic heterocycles. The average molecular weight is 358 g/mol. The maximum atomic E-state index is 11.6. The van der Waals surface area contributed by atoms with E-state index in [0.717, 1.165) is 29.4 Å². The summed E-state index contributed by atoms with van der Waals surface area (Å²) in [6.07, 6.45) is 2.27. The van der Waals surface area contributed by atoms with Crippen LogP contribution in [0.4, 0.5) is 0 Å². The third kappa shape index (κ3) is 5.84. The van der Waals surface area contributed by atoms with Gasteiger partial charge in [-0.05, 0) is 42.8 Å². The van der Waals surface area contributed by atoms with Crippen LogP contribution in [0.3, 0.4) is 0 Å². The molecule has 1 radical (unpaired) electrons. The molecule has 1 heterocycles. The fourth-order valence-electron chi connectivity index (χ4n) is 2.45. The van der Waals surface area contributed by atoms with Gasteiger partial charge in [-0.1, -0.05) is 37.6 Å². The molecule has 0 aliphatic carbocycles. The van der Waals surface area contributed by atoms with Crippen LogP contribution in [0.15, 0.2) is 60.7 Å². The quantitative estimate of drug-likeness (QED) is 0.354. The van der Waals surface area contributed by atoms with Crippen LogP contribution in [0.25, 0.3) is 10.9 Å². The summed E-state index contributed by atoms with van der Waals surface area (Å²) in [6, 6.07) is 19.1. The Kier molecular flexibility index (Phi) is 8.10. The Morgan fingerprint density at radius 3 is 2.46 bits per heavy atom. The topological polar surface area (TPSA) is 48.4 Å². The van der Waals surface area contributed by atoms with E-state index in [1.54, 1.807) is 24.3 Å². The van der Waals surface area contributed by atoms with Crippen LogP contribution >= 0.6 is 0 Å². The molecule has 0 N–H and O–H groups in total. The molecule has 0 saturated carbocycles. The molecular formula is C21H21NNaO3. The number of carbonyl (C=O) groups is 1. The van der Waals surface area contributed by atoms with Gasteiger partial charge in [-0.2, -0.15) is 0 Å². The number of esters is 1. The Hall–Kier alpha value is -1.88. The minimum atomic E-state index is -0.198. The van der Waals surface area contributed by atoms with E-state index in [-0.39, 0.29) is 35.5 Å². The Bertz CT molecular complexity index is 849. The zero-order valence-electron chi connectivity index (χ0n) is 15.3. The smallest absolute Gasteiger partial charge is 0.311 e. The number of carbonyl (C=O) groups excluding carboxylic acids is 1. The van der Waals surface area contributed by atoms with Crippen molar-refractivity contribution < 1.29 is 14.3 Å². The average Bonchev–Trinajstić information content (AvgIpc) is 2.65. The molecule has 3 rings (SSSR count). The second-order valence-corrected chi connectivity index (χ2v) is 5.83. The van der Waals surface area contributed by atoms with Crippen molar-refractivity contribution in [3.63, 3.8) is 0 Å². The summed E-state index contributed by atoms with van der Waals surface area (Å²) < 4.78 is 11.0. The number of para-hydroxylation sites is 1. The SMILES string of the molecule is CCCCC(=O)Oc1ccc(OCc2ccc3ccccc3n2)cc1.[Na]. The minimum absolute atomic E-state index is 0. The van der Waals surface area contributed by atoms with Crippen molar-refractivity contribution >= 4 is 46.4 Å². The fourth-order valence-corrected chi connectivity index (χ4v) is 2.45.